The lowest BCUT2D eigenvalue weighted by molar-refractivity contribution is 0.486. The lowest BCUT2D eigenvalue weighted by Gasteiger charge is -2.11. The van der Waals surface area contributed by atoms with Crippen LogP contribution in [0.2, 0.25) is 0 Å². The molecule has 0 unspecified atom stereocenters. The molecule has 0 atom stereocenters. The van der Waals surface area contributed by atoms with Gasteiger partial charge in [0.1, 0.15) is 17.4 Å². The Bertz CT molecular complexity index is 851. The van der Waals surface area contributed by atoms with Crippen LogP contribution in [0.1, 0.15) is 5.56 Å². The number of pyridine rings is 1. The van der Waals surface area contributed by atoms with E-state index in [-0.39, 0.29) is 0 Å². The lowest BCUT2D eigenvalue weighted by atomic mass is 10.1. The van der Waals surface area contributed by atoms with Crippen LogP contribution >= 0.6 is 15.9 Å². The van der Waals surface area contributed by atoms with Crippen LogP contribution in [-0.4, -0.2) is 4.98 Å². The van der Waals surface area contributed by atoms with Crippen LogP contribution in [0.5, 0.6) is 11.5 Å². The van der Waals surface area contributed by atoms with Gasteiger partial charge in [0.05, 0.1) is 5.52 Å². The van der Waals surface area contributed by atoms with Gasteiger partial charge in [0.2, 0.25) is 0 Å². The lowest BCUT2D eigenvalue weighted by Crippen LogP contribution is -1.93. The van der Waals surface area contributed by atoms with Gasteiger partial charge >= 0.3 is 0 Å². The third-order valence-electron chi connectivity index (χ3n) is 2.96. The summed E-state index contributed by atoms with van der Waals surface area (Å²) in [7, 11) is 0. The minimum absolute atomic E-state index is 0.382. The van der Waals surface area contributed by atoms with Crippen LogP contribution in [0.15, 0.2) is 53.1 Å². The Kier molecular flexibility index (Phi) is 3.46. The van der Waals surface area contributed by atoms with Crippen LogP contribution in [-0.2, 0) is 0 Å². The topological polar surface area (TPSA) is 71.9 Å². The molecule has 21 heavy (non-hydrogen) atoms. The first-order valence-corrected chi connectivity index (χ1v) is 6.98. The third kappa shape index (κ3) is 2.67. The Balaban J connectivity index is 2.17. The number of nitrogens with two attached hydrogens (primary N) is 1. The summed E-state index contributed by atoms with van der Waals surface area (Å²) in [4.78, 5) is 4.25. The van der Waals surface area contributed by atoms with E-state index in [4.69, 9.17) is 10.5 Å². The predicted octanol–water partition coefficient (Wildman–Crippen LogP) is 4.24. The van der Waals surface area contributed by atoms with E-state index in [0.717, 1.165) is 15.4 Å². The SMILES string of the molecule is N#Cc1cnc2ccccc2c1Oc1cc(N)cc(Br)c1. The van der Waals surface area contributed by atoms with Gasteiger partial charge in [-0.2, -0.15) is 5.26 Å². The van der Waals surface area contributed by atoms with Gasteiger partial charge in [-0.25, -0.2) is 0 Å². The minimum atomic E-state index is 0.382. The molecule has 0 aliphatic carbocycles. The zero-order valence-electron chi connectivity index (χ0n) is 10.9. The van der Waals surface area contributed by atoms with Crippen molar-refractivity contribution in [2.45, 2.75) is 0 Å². The molecular formula is C16H10BrN3O. The molecule has 102 valence electrons. The molecule has 0 aliphatic rings. The number of para-hydroxylation sites is 1. The van der Waals surface area contributed by atoms with Crippen molar-refractivity contribution in [3.63, 3.8) is 0 Å². The first-order valence-electron chi connectivity index (χ1n) is 6.19. The number of hydrogen-bond donors (Lipinski definition) is 1. The number of anilines is 1. The fraction of sp³-hybridized carbons (Fsp3) is 0. The maximum Gasteiger partial charge on any atom is 0.156 e. The summed E-state index contributed by atoms with van der Waals surface area (Å²) in [5.74, 6) is 1.05. The molecule has 1 aromatic heterocycles. The second-order valence-corrected chi connectivity index (χ2v) is 5.37. The minimum Gasteiger partial charge on any atom is -0.455 e. The van der Waals surface area contributed by atoms with Crippen molar-refractivity contribution in [3.8, 4) is 17.6 Å². The number of fused-ring (bicyclic) bond motifs is 1. The summed E-state index contributed by atoms with van der Waals surface area (Å²) >= 11 is 3.37. The number of hydrogen-bond acceptors (Lipinski definition) is 4. The molecule has 4 nitrogen and oxygen atoms in total. The smallest absolute Gasteiger partial charge is 0.156 e. The van der Waals surface area contributed by atoms with Crippen molar-refractivity contribution in [1.29, 1.82) is 5.26 Å². The maximum atomic E-state index is 9.26. The highest BCUT2D eigenvalue weighted by Crippen LogP contribution is 2.34. The summed E-state index contributed by atoms with van der Waals surface area (Å²) in [5.41, 5.74) is 7.54. The molecule has 0 saturated heterocycles. The normalized spacial score (nSPS) is 10.3. The molecule has 0 radical (unpaired) electrons. The largest absolute Gasteiger partial charge is 0.455 e. The van der Waals surface area contributed by atoms with Gasteiger partial charge in [0.15, 0.2) is 5.75 Å². The van der Waals surface area contributed by atoms with Crippen molar-refractivity contribution in [3.05, 3.63) is 58.7 Å². The number of rotatable bonds is 2. The molecule has 3 aromatic rings. The van der Waals surface area contributed by atoms with Gasteiger partial charge in [-0.1, -0.05) is 28.1 Å². The fourth-order valence-electron chi connectivity index (χ4n) is 2.07. The summed E-state index contributed by atoms with van der Waals surface area (Å²) in [5, 5.41) is 10.0. The number of nitrogen functional groups attached to an aromatic ring is 1. The second-order valence-electron chi connectivity index (χ2n) is 4.45. The summed E-state index contributed by atoms with van der Waals surface area (Å²) in [6.07, 6.45) is 1.51. The number of ether oxygens (including phenoxy) is 1. The maximum absolute atomic E-state index is 9.26. The second kappa shape index (κ2) is 5.43. The molecule has 0 aliphatic heterocycles. The number of halogens is 1. The summed E-state index contributed by atoms with van der Waals surface area (Å²) in [6.45, 7) is 0. The van der Waals surface area contributed by atoms with E-state index in [1.807, 2.05) is 24.3 Å². The Morgan fingerprint density at radius 3 is 2.76 bits per heavy atom. The van der Waals surface area contributed by atoms with Crippen LogP contribution in [0.25, 0.3) is 10.9 Å². The molecule has 1 heterocycles. The molecule has 2 aromatic carbocycles. The van der Waals surface area contributed by atoms with E-state index in [0.29, 0.717) is 22.7 Å². The Morgan fingerprint density at radius 2 is 2.00 bits per heavy atom. The highest BCUT2D eigenvalue weighted by Gasteiger charge is 2.11. The monoisotopic (exact) mass is 339 g/mol. The van der Waals surface area contributed by atoms with E-state index in [1.54, 1.807) is 18.2 Å². The van der Waals surface area contributed by atoms with E-state index in [2.05, 4.69) is 27.0 Å². The average molecular weight is 340 g/mol. The van der Waals surface area contributed by atoms with Gasteiger partial charge in [-0.05, 0) is 24.3 Å². The van der Waals surface area contributed by atoms with Crippen LogP contribution in [0.4, 0.5) is 5.69 Å². The molecule has 0 fully saturated rings. The van der Waals surface area contributed by atoms with Gasteiger partial charge in [0.25, 0.3) is 0 Å². The molecule has 5 heteroatoms. The number of nitriles is 1. The van der Waals surface area contributed by atoms with Gasteiger partial charge in [-0.3, -0.25) is 4.98 Å². The molecule has 0 spiro atoms. The summed E-state index contributed by atoms with van der Waals surface area (Å²) in [6, 6.07) is 14.9. The van der Waals surface area contributed by atoms with E-state index < -0.39 is 0 Å². The van der Waals surface area contributed by atoms with Crippen LogP contribution in [0, 0.1) is 11.3 Å². The predicted molar refractivity (Wildman–Crippen MR) is 85.1 cm³/mol. The fourth-order valence-corrected chi connectivity index (χ4v) is 2.56. The van der Waals surface area contributed by atoms with Crippen molar-refractivity contribution in [2.75, 3.05) is 5.73 Å². The number of benzene rings is 2. The van der Waals surface area contributed by atoms with Gasteiger partial charge in [-0.15, -0.1) is 0 Å². The van der Waals surface area contributed by atoms with Gasteiger partial charge < -0.3 is 10.5 Å². The van der Waals surface area contributed by atoms with Crippen LogP contribution < -0.4 is 10.5 Å². The van der Waals surface area contributed by atoms with Gasteiger partial charge in [0, 0.05) is 27.8 Å². The zero-order valence-corrected chi connectivity index (χ0v) is 12.5. The molecule has 2 N–H and O–H groups in total. The Labute approximate surface area is 129 Å². The average Bonchev–Trinajstić information content (AvgIpc) is 2.46. The molecule has 0 saturated carbocycles. The number of nitrogens with zero attached hydrogens (tertiary/aromatic N) is 2. The van der Waals surface area contributed by atoms with Crippen LogP contribution in [0.3, 0.4) is 0 Å². The zero-order chi connectivity index (χ0) is 14.8. The molecular weight excluding hydrogens is 330 g/mol. The van der Waals surface area contributed by atoms with E-state index in [9.17, 15) is 5.26 Å². The first kappa shape index (κ1) is 13.4. The first-order chi connectivity index (χ1) is 10.2. The molecule has 3 rings (SSSR count). The van der Waals surface area contributed by atoms with E-state index >= 15 is 0 Å². The molecule has 0 bridgehead atoms. The third-order valence-corrected chi connectivity index (χ3v) is 3.42. The quantitative estimate of drug-likeness (QED) is 0.708. The van der Waals surface area contributed by atoms with Crippen molar-refractivity contribution < 1.29 is 4.74 Å². The highest BCUT2D eigenvalue weighted by molar-refractivity contribution is 9.10. The van der Waals surface area contributed by atoms with Crippen molar-refractivity contribution in [1.82, 2.24) is 4.98 Å². The standard InChI is InChI=1S/C16H10BrN3O/c17-11-5-12(19)7-13(6-11)21-16-10(8-18)9-20-15-4-2-1-3-14(15)16/h1-7,9H,19H2. The number of aromatic nitrogens is 1. The highest BCUT2D eigenvalue weighted by atomic mass is 79.9. The van der Waals surface area contributed by atoms with Crippen molar-refractivity contribution in [2.24, 2.45) is 0 Å². The molecule has 0 amide bonds. The van der Waals surface area contributed by atoms with Crippen molar-refractivity contribution >= 4 is 32.5 Å². The Morgan fingerprint density at radius 1 is 1.19 bits per heavy atom. The van der Waals surface area contributed by atoms with E-state index in [1.165, 1.54) is 6.20 Å². The summed E-state index contributed by atoms with van der Waals surface area (Å²) < 4.78 is 6.72. The Hall–Kier alpha value is -2.58.